The van der Waals surface area contributed by atoms with Gasteiger partial charge in [-0.05, 0) is 44.0 Å². The average Bonchev–Trinajstić information content (AvgIpc) is 2.37. The molecule has 106 valence electrons. The summed E-state index contributed by atoms with van der Waals surface area (Å²) in [5.74, 6) is 0.918. The van der Waals surface area contributed by atoms with Crippen molar-refractivity contribution in [1.82, 2.24) is 4.90 Å². The average molecular weight is 263 g/mol. The molecule has 0 aliphatic carbocycles. The highest BCUT2D eigenvalue weighted by molar-refractivity contribution is 5.97. The van der Waals surface area contributed by atoms with Gasteiger partial charge in [0, 0.05) is 12.1 Å². The van der Waals surface area contributed by atoms with Crippen LogP contribution in [0, 0.1) is 5.92 Å². The standard InChI is InChI=1S/C15H25N3O/c1-12(2)6-5-9-18(3)11-13-7-4-8-14(10-13)15(16)17-19/h4,7-8,10,12,19H,5-6,9,11H2,1-3H3,(H2,16,17). The van der Waals surface area contributed by atoms with Crippen molar-refractivity contribution in [2.45, 2.75) is 33.2 Å². The molecule has 0 saturated carbocycles. The van der Waals surface area contributed by atoms with Crippen LogP contribution in [0.1, 0.15) is 37.8 Å². The number of hydrogen-bond acceptors (Lipinski definition) is 3. The van der Waals surface area contributed by atoms with Crippen LogP contribution in [-0.4, -0.2) is 29.5 Å². The van der Waals surface area contributed by atoms with Gasteiger partial charge in [0.15, 0.2) is 5.84 Å². The Morgan fingerprint density at radius 3 is 2.79 bits per heavy atom. The molecule has 1 aromatic rings. The quantitative estimate of drug-likeness (QED) is 0.344. The number of amidine groups is 1. The van der Waals surface area contributed by atoms with Crippen LogP contribution >= 0.6 is 0 Å². The second-order valence-corrected chi connectivity index (χ2v) is 5.46. The number of nitrogens with two attached hydrogens (primary N) is 1. The maximum atomic E-state index is 8.68. The molecule has 0 fully saturated rings. The molecule has 0 spiro atoms. The summed E-state index contributed by atoms with van der Waals surface area (Å²) < 4.78 is 0. The summed E-state index contributed by atoms with van der Waals surface area (Å²) in [6.07, 6.45) is 2.47. The summed E-state index contributed by atoms with van der Waals surface area (Å²) in [4.78, 5) is 2.30. The van der Waals surface area contributed by atoms with Gasteiger partial charge in [-0.15, -0.1) is 0 Å². The smallest absolute Gasteiger partial charge is 0.170 e. The minimum absolute atomic E-state index is 0.157. The summed E-state index contributed by atoms with van der Waals surface area (Å²) in [7, 11) is 2.12. The number of hydrogen-bond donors (Lipinski definition) is 2. The first kappa shape index (κ1) is 15.5. The van der Waals surface area contributed by atoms with Crippen molar-refractivity contribution in [3.8, 4) is 0 Å². The van der Waals surface area contributed by atoms with E-state index in [1.54, 1.807) is 0 Å². The molecule has 0 unspecified atom stereocenters. The van der Waals surface area contributed by atoms with Gasteiger partial charge in [-0.3, -0.25) is 0 Å². The van der Waals surface area contributed by atoms with Crippen LogP contribution in [0.3, 0.4) is 0 Å². The highest BCUT2D eigenvalue weighted by Gasteiger charge is 2.04. The predicted molar refractivity (Wildman–Crippen MR) is 79.4 cm³/mol. The van der Waals surface area contributed by atoms with E-state index >= 15 is 0 Å². The normalized spacial score (nSPS) is 12.4. The van der Waals surface area contributed by atoms with Gasteiger partial charge in [0.05, 0.1) is 0 Å². The lowest BCUT2D eigenvalue weighted by atomic mass is 10.1. The first-order chi connectivity index (χ1) is 9.02. The van der Waals surface area contributed by atoms with Crippen molar-refractivity contribution in [2.75, 3.05) is 13.6 Å². The molecule has 4 heteroatoms. The van der Waals surface area contributed by atoms with E-state index < -0.39 is 0 Å². The minimum atomic E-state index is 0.157. The fourth-order valence-electron chi connectivity index (χ4n) is 2.05. The monoisotopic (exact) mass is 263 g/mol. The molecule has 0 aliphatic heterocycles. The third-order valence-electron chi connectivity index (χ3n) is 3.10. The molecule has 0 amide bonds. The largest absolute Gasteiger partial charge is 0.409 e. The van der Waals surface area contributed by atoms with Crippen LogP contribution < -0.4 is 5.73 Å². The van der Waals surface area contributed by atoms with Crippen molar-refractivity contribution >= 4 is 5.84 Å². The van der Waals surface area contributed by atoms with Gasteiger partial charge in [-0.2, -0.15) is 0 Å². The molecular formula is C15H25N3O. The molecular weight excluding hydrogens is 238 g/mol. The highest BCUT2D eigenvalue weighted by atomic mass is 16.4. The third kappa shape index (κ3) is 5.75. The van der Waals surface area contributed by atoms with E-state index in [9.17, 15) is 0 Å². The van der Waals surface area contributed by atoms with Crippen LogP contribution in [0.25, 0.3) is 0 Å². The van der Waals surface area contributed by atoms with Gasteiger partial charge in [-0.1, -0.05) is 37.2 Å². The van der Waals surface area contributed by atoms with Crippen LogP contribution in [0.4, 0.5) is 0 Å². The Balaban J connectivity index is 2.52. The molecule has 1 rings (SSSR count). The molecule has 1 aromatic carbocycles. The third-order valence-corrected chi connectivity index (χ3v) is 3.10. The van der Waals surface area contributed by atoms with Crippen LogP contribution in [0.15, 0.2) is 29.4 Å². The Labute approximate surface area is 115 Å². The lowest BCUT2D eigenvalue weighted by Gasteiger charge is -2.17. The molecule has 19 heavy (non-hydrogen) atoms. The van der Waals surface area contributed by atoms with Gasteiger partial charge in [0.1, 0.15) is 0 Å². The molecule has 0 atom stereocenters. The fourth-order valence-corrected chi connectivity index (χ4v) is 2.05. The topological polar surface area (TPSA) is 61.8 Å². The first-order valence-electron chi connectivity index (χ1n) is 6.78. The molecule has 4 nitrogen and oxygen atoms in total. The highest BCUT2D eigenvalue weighted by Crippen LogP contribution is 2.09. The predicted octanol–water partition coefficient (Wildman–Crippen LogP) is 2.65. The molecule has 0 bridgehead atoms. The fraction of sp³-hybridized carbons (Fsp3) is 0.533. The van der Waals surface area contributed by atoms with E-state index in [1.807, 2.05) is 18.2 Å². The Hall–Kier alpha value is -1.55. The molecule has 0 aliphatic rings. The Morgan fingerprint density at radius 2 is 2.16 bits per heavy atom. The van der Waals surface area contributed by atoms with Crippen molar-refractivity contribution in [3.05, 3.63) is 35.4 Å². The van der Waals surface area contributed by atoms with Crippen LogP contribution in [0.2, 0.25) is 0 Å². The van der Waals surface area contributed by atoms with E-state index in [4.69, 9.17) is 10.9 Å². The number of oxime groups is 1. The van der Waals surface area contributed by atoms with Gasteiger partial charge < -0.3 is 15.8 Å². The lowest BCUT2D eigenvalue weighted by Crippen LogP contribution is -2.20. The lowest BCUT2D eigenvalue weighted by molar-refractivity contribution is 0.310. The van der Waals surface area contributed by atoms with E-state index in [-0.39, 0.29) is 5.84 Å². The zero-order chi connectivity index (χ0) is 14.3. The second-order valence-electron chi connectivity index (χ2n) is 5.46. The van der Waals surface area contributed by atoms with E-state index in [0.29, 0.717) is 0 Å². The SMILES string of the molecule is CC(C)CCCN(C)Cc1cccc(/C(N)=N/O)c1. The van der Waals surface area contributed by atoms with Gasteiger partial charge >= 0.3 is 0 Å². The van der Waals surface area contributed by atoms with E-state index in [2.05, 4.69) is 37.0 Å². The summed E-state index contributed by atoms with van der Waals surface area (Å²) in [6.45, 7) is 6.47. The maximum Gasteiger partial charge on any atom is 0.170 e. The summed E-state index contributed by atoms with van der Waals surface area (Å²) in [5.41, 5.74) is 7.53. The van der Waals surface area contributed by atoms with Gasteiger partial charge in [-0.25, -0.2) is 0 Å². The van der Waals surface area contributed by atoms with E-state index in [0.717, 1.165) is 24.6 Å². The number of nitrogens with zero attached hydrogens (tertiary/aromatic N) is 2. The molecule has 0 aromatic heterocycles. The first-order valence-corrected chi connectivity index (χ1v) is 6.78. The van der Waals surface area contributed by atoms with Crippen molar-refractivity contribution < 1.29 is 5.21 Å². The molecule has 0 heterocycles. The Morgan fingerprint density at radius 1 is 1.42 bits per heavy atom. The van der Waals surface area contributed by atoms with Crippen molar-refractivity contribution in [3.63, 3.8) is 0 Å². The Bertz CT molecular complexity index is 416. The molecule has 0 saturated heterocycles. The Kier molecular flexibility index (Phi) is 6.36. The van der Waals surface area contributed by atoms with Crippen molar-refractivity contribution in [1.29, 1.82) is 0 Å². The summed E-state index contributed by atoms with van der Waals surface area (Å²) >= 11 is 0. The van der Waals surface area contributed by atoms with Crippen molar-refractivity contribution in [2.24, 2.45) is 16.8 Å². The van der Waals surface area contributed by atoms with Crippen LogP contribution in [-0.2, 0) is 6.54 Å². The summed E-state index contributed by atoms with van der Waals surface area (Å²) in [6, 6.07) is 7.81. The zero-order valence-electron chi connectivity index (χ0n) is 12.1. The van der Waals surface area contributed by atoms with Gasteiger partial charge in [0.25, 0.3) is 0 Å². The zero-order valence-corrected chi connectivity index (χ0v) is 12.1. The number of rotatable bonds is 7. The second kappa shape index (κ2) is 7.79. The maximum absolute atomic E-state index is 8.68. The summed E-state index contributed by atoms with van der Waals surface area (Å²) in [5, 5.41) is 11.7. The van der Waals surface area contributed by atoms with Crippen LogP contribution in [0.5, 0.6) is 0 Å². The molecule has 0 radical (unpaired) electrons. The number of benzene rings is 1. The van der Waals surface area contributed by atoms with E-state index in [1.165, 1.54) is 18.4 Å². The minimum Gasteiger partial charge on any atom is -0.409 e. The van der Waals surface area contributed by atoms with Gasteiger partial charge in [0.2, 0.25) is 0 Å². The molecule has 3 N–H and O–H groups in total.